The fraction of sp³-hybridized carbons (Fsp3) is 0.727. The van der Waals surface area contributed by atoms with Crippen LogP contribution in [0.2, 0.25) is 0 Å². The molecule has 0 aliphatic heterocycles. The lowest BCUT2D eigenvalue weighted by molar-refractivity contribution is 0.299. The highest BCUT2D eigenvalue weighted by molar-refractivity contribution is 5.32. The average molecular weight is 256 g/mol. The average Bonchev–Trinajstić information content (AvgIpc) is 2.42. The lowest BCUT2D eigenvalue weighted by Gasteiger charge is -2.21. The van der Waals surface area contributed by atoms with Gasteiger partial charge in [0.05, 0.1) is 20.8 Å². The van der Waals surface area contributed by atoms with Crippen molar-refractivity contribution in [3.63, 3.8) is 0 Å². The SMILES string of the molecule is CCCCN(CCO)c1nc(OC)nc(OC)n1. The minimum absolute atomic E-state index is 0.0417. The zero-order chi connectivity index (χ0) is 13.4. The van der Waals surface area contributed by atoms with E-state index >= 15 is 0 Å². The lowest BCUT2D eigenvalue weighted by atomic mass is 10.3. The number of hydrogen-bond acceptors (Lipinski definition) is 7. The molecule has 7 heteroatoms. The summed E-state index contributed by atoms with van der Waals surface area (Å²) in [4.78, 5) is 14.1. The molecule has 0 aromatic carbocycles. The van der Waals surface area contributed by atoms with Gasteiger partial charge < -0.3 is 19.5 Å². The summed E-state index contributed by atoms with van der Waals surface area (Å²) < 4.78 is 10.00. The second-order valence-electron chi connectivity index (χ2n) is 3.67. The van der Waals surface area contributed by atoms with E-state index in [-0.39, 0.29) is 18.6 Å². The van der Waals surface area contributed by atoms with Gasteiger partial charge in [-0.2, -0.15) is 9.97 Å². The van der Waals surface area contributed by atoms with E-state index in [0.29, 0.717) is 12.5 Å². The Morgan fingerprint density at radius 2 is 1.67 bits per heavy atom. The van der Waals surface area contributed by atoms with Gasteiger partial charge in [-0.15, -0.1) is 4.98 Å². The van der Waals surface area contributed by atoms with E-state index in [1.165, 1.54) is 14.2 Å². The number of ether oxygens (including phenoxy) is 2. The van der Waals surface area contributed by atoms with Crippen LogP contribution < -0.4 is 14.4 Å². The smallest absolute Gasteiger partial charge is 0.324 e. The number of aliphatic hydroxyl groups is 1. The van der Waals surface area contributed by atoms with E-state index in [1.54, 1.807) is 0 Å². The molecule has 0 unspecified atom stereocenters. The van der Waals surface area contributed by atoms with Crippen LogP contribution in [0.15, 0.2) is 0 Å². The summed E-state index contributed by atoms with van der Waals surface area (Å²) in [5.41, 5.74) is 0. The monoisotopic (exact) mass is 256 g/mol. The Morgan fingerprint density at radius 1 is 1.06 bits per heavy atom. The van der Waals surface area contributed by atoms with Crippen LogP contribution in [0, 0.1) is 0 Å². The quantitative estimate of drug-likeness (QED) is 0.724. The van der Waals surface area contributed by atoms with Crippen LogP contribution in [0.5, 0.6) is 12.0 Å². The first-order valence-electron chi connectivity index (χ1n) is 5.95. The van der Waals surface area contributed by atoms with Crippen LogP contribution in [0.25, 0.3) is 0 Å². The van der Waals surface area contributed by atoms with E-state index in [9.17, 15) is 0 Å². The molecule has 0 atom stereocenters. The van der Waals surface area contributed by atoms with Crippen LogP contribution in [-0.4, -0.2) is 54.0 Å². The molecule has 0 aliphatic rings. The van der Waals surface area contributed by atoms with E-state index in [1.807, 2.05) is 4.90 Å². The van der Waals surface area contributed by atoms with Gasteiger partial charge in [0.1, 0.15) is 0 Å². The second kappa shape index (κ2) is 7.65. The molecule has 0 bridgehead atoms. The Kier molecular flexibility index (Phi) is 6.13. The number of methoxy groups -OCH3 is 2. The van der Waals surface area contributed by atoms with Gasteiger partial charge in [-0.25, -0.2) is 0 Å². The van der Waals surface area contributed by atoms with Crippen molar-refractivity contribution < 1.29 is 14.6 Å². The maximum Gasteiger partial charge on any atom is 0.324 e. The zero-order valence-corrected chi connectivity index (χ0v) is 11.1. The van der Waals surface area contributed by atoms with Gasteiger partial charge in [-0.05, 0) is 6.42 Å². The van der Waals surface area contributed by atoms with Crippen molar-refractivity contribution in [3.05, 3.63) is 0 Å². The molecule has 102 valence electrons. The van der Waals surface area contributed by atoms with Gasteiger partial charge in [0.25, 0.3) is 0 Å². The van der Waals surface area contributed by atoms with Gasteiger partial charge in [0.15, 0.2) is 0 Å². The minimum Gasteiger partial charge on any atom is -0.467 e. The van der Waals surface area contributed by atoms with Crippen LogP contribution in [0.1, 0.15) is 19.8 Å². The molecule has 0 radical (unpaired) electrons. The first-order chi connectivity index (χ1) is 8.74. The van der Waals surface area contributed by atoms with Crippen molar-refractivity contribution in [1.29, 1.82) is 0 Å². The fourth-order valence-electron chi connectivity index (χ4n) is 1.43. The Bertz CT molecular complexity index is 340. The molecular weight excluding hydrogens is 236 g/mol. The highest BCUT2D eigenvalue weighted by atomic mass is 16.5. The highest BCUT2D eigenvalue weighted by Gasteiger charge is 2.13. The summed E-state index contributed by atoms with van der Waals surface area (Å²) in [5, 5.41) is 9.07. The van der Waals surface area contributed by atoms with Crippen LogP contribution in [0.3, 0.4) is 0 Å². The maximum atomic E-state index is 9.07. The van der Waals surface area contributed by atoms with Gasteiger partial charge >= 0.3 is 12.0 Å². The Labute approximate surface area is 107 Å². The normalized spacial score (nSPS) is 10.2. The number of hydrogen-bond donors (Lipinski definition) is 1. The highest BCUT2D eigenvalue weighted by Crippen LogP contribution is 2.16. The van der Waals surface area contributed by atoms with Crippen LogP contribution in [-0.2, 0) is 0 Å². The molecule has 1 aromatic heterocycles. The third-order valence-corrected chi connectivity index (χ3v) is 2.38. The van der Waals surface area contributed by atoms with Gasteiger partial charge in [-0.1, -0.05) is 13.3 Å². The first-order valence-corrected chi connectivity index (χ1v) is 5.95. The third kappa shape index (κ3) is 3.99. The number of anilines is 1. The summed E-state index contributed by atoms with van der Waals surface area (Å²) in [5.74, 6) is 0.459. The third-order valence-electron chi connectivity index (χ3n) is 2.38. The molecule has 0 fully saturated rings. The predicted molar refractivity (Wildman–Crippen MR) is 67.1 cm³/mol. The van der Waals surface area contributed by atoms with Crippen molar-refractivity contribution >= 4 is 5.95 Å². The molecule has 1 heterocycles. The van der Waals surface area contributed by atoms with Crippen LogP contribution >= 0.6 is 0 Å². The topological polar surface area (TPSA) is 80.6 Å². The predicted octanol–water partition coefficient (Wildman–Crippen LogP) is 0.488. The molecule has 0 saturated carbocycles. The molecule has 1 aromatic rings. The summed E-state index contributed by atoms with van der Waals surface area (Å²) in [7, 11) is 2.97. The number of nitrogens with zero attached hydrogens (tertiary/aromatic N) is 4. The van der Waals surface area contributed by atoms with Crippen LogP contribution in [0.4, 0.5) is 5.95 Å². The number of rotatable bonds is 8. The summed E-state index contributed by atoms with van der Waals surface area (Å²) in [6.07, 6.45) is 2.05. The first kappa shape index (κ1) is 14.4. The van der Waals surface area contributed by atoms with Gasteiger partial charge in [-0.3, -0.25) is 0 Å². The molecule has 1 N–H and O–H groups in total. The largest absolute Gasteiger partial charge is 0.467 e. The summed E-state index contributed by atoms with van der Waals surface area (Å²) in [6, 6.07) is 0.410. The molecule has 0 saturated heterocycles. The second-order valence-corrected chi connectivity index (χ2v) is 3.67. The lowest BCUT2D eigenvalue weighted by Crippen LogP contribution is -2.29. The number of aliphatic hydroxyl groups excluding tert-OH is 1. The van der Waals surface area contributed by atoms with Gasteiger partial charge in [0, 0.05) is 13.1 Å². The van der Waals surface area contributed by atoms with E-state index in [0.717, 1.165) is 19.4 Å². The molecule has 18 heavy (non-hydrogen) atoms. The van der Waals surface area contributed by atoms with E-state index in [2.05, 4.69) is 21.9 Å². The van der Waals surface area contributed by atoms with Crippen molar-refractivity contribution in [1.82, 2.24) is 15.0 Å². The summed E-state index contributed by atoms with van der Waals surface area (Å²) >= 11 is 0. The Hall–Kier alpha value is -1.63. The van der Waals surface area contributed by atoms with Crippen molar-refractivity contribution in [2.45, 2.75) is 19.8 Å². The van der Waals surface area contributed by atoms with E-state index in [4.69, 9.17) is 14.6 Å². The maximum absolute atomic E-state index is 9.07. The van der Waals surface area contributed by atoms with Crippen molar-refractivity contribution in [2.75, 3.05) is 38.8 Å². The standard InChI is InChI=1S/C11H20N4O3/c1-4-5-6-15(7-8-16)9-12-10(17-2)14-11(13-9)18-3/h16H,4-8H2,1-3H3. The Balaban J connectivity index is 2.93. The minimum atomic E-state index is 0.0417. The molecule has 1 rings (SSSR count). The fourth-order valence-corrected chi connectivity index (χ4v) is 1.43. The molecule has 7 nitrogen and oxygen atoms in total. The van der Waals surface area contributed by atoms with Crippen molar-refractivity contribution in [2.24, 2.45) is 0 Å². The number of aromatic nitrogens is 3. The molecule has 0 amide bonds. The molecule has 0 aliphatic carbocycles. The van der Waals surface area contributed by atoms with Gasteiger partial charge in [0.2, 0.25) is 5.95 Å². The van der Waals surface area contributed by atoms with E-state index < -0.39 is 0 Å². The zero-order valence-electron chi connectivity index (χ0n) is 11.1. The van der Waals surface area contributed by atoms with Crippen molar-refractivity contribution in [3.8, 4) is 12.0 Å². The summed E-state index contributed by atoms with van der Waals surface area (Å²) in [6.45, 7) is 3.38. The molecule has 0 spiro atoms. The molecular formula is C11H20N4O3. The Morgan fingerprint density at radius 3 is 2.11 bits per heavy atom. The number of unbranched alkanes of at least 4 members (excludes halogenated alkanes) is 1.